The number of halogens is 6. The number of benzene rings is 1. The minimum Gasteiger partial charge on any atom is -0.357 e. The molecule has 0 saturated carbocycles. The lowest BCUT2D eigenvalue weighted by Gasteiger charge is -2.32. The standard InChI is InChI=1S/C26H32F6N4O2S/c1-15(2)11-20(23(37)35(3)4)33-22-21(39-24(38)34-22)12-16-7-9-36(10-8-16)14-17-5-6-18(25(27,28)29)13-19(17)26(30,31)32/h5-6,12-13,15-16,20H,7-11,14H2,1-4H3,(H,33,34,38)/b21-12-/t20-/m0/s1. The first-order valence-corrected chi connectivity index (χ1v) is 13.4. The number of alkyl halides is 6. The second-order valence-corrected chi connectivity index (χ2v) is 11.4. The molecule has 1 aromatic rings. The van der Waals surface area contributed by atoms with Gasteiger partial charge in [-0.05, 0) is 73.6 Å². The van der Waals surface area contributed by atoms with E-state index in [1.807, 2.05) is 19.9 Å². The van der Waals surface area contributed by atoms with E-state index in [9.17, 15) is 35.9 Å². The fourth-order valence-electron chi connectivity index (χ4n) is 4.58. The third-order valence-corrected chi connectivity index (χ3v) is 7.36. The topological polar surface area (TPSA) is 65.0 Å². The monoisotopic (exact) mass is 578 g/mol. The highest BCUT2D eigenvalue weighted by Crippen LogP contribution is 2.38. The van der Waals surface area contributed by atoms with Gasteiger partial charge in [-0.25, -0.2) is 0 Å². The Bertz CT molecular complexity index is 1120. The summed E-state index contributed by atoms with van der Waals surface area (Å²) >= 11 is 0.960. The number of piperidine rings is 1. The van der Waals surface area contributed by atoms with Gasteiger partial charge >= 0.3 is 17.6 Å². The van der Waals surface area contributed by atoms with Crippen LogP contribution in [0.25, 0.3) is 0 Å². The lowest BCUT2D eigenvalue weighted by molar-refractivity contribution is -0.143. The number of amides is 2. The number of likely N-dealkylation sites (N-methyl/N-ethyl adjacent to an activating group) is 1. The quantitative estimate of drug-likeness (QED) is 0.392. The first-order chi connectivity index (χ1) is 18.0. The lowest BCUT2D eigenvalue weighted by Crippen LogP contribution is -2.46. The fraction of sp³-hybridized carbons (Fsp3) is 0.577. The summed E-state index contributed by atoms with van der Waals surface area (Å²) in [4.78, 5) is 32.7. The molecule has 1 atom stereocenters. The number of hydrogen-bond donors (Lipinski definition) is 1. The molecule has 0 spiro atoms. The van der Waals surface area contributed by atoms with Gasteiger partial charge in [0.25, 0.3) is 0 Å². The summed E-state index contributed by atoms with van der Waals surface area (Å²) in [5, 5.41) is 2.73. The van der Waals surface area contributed by atoms with Gasteiger partial charge in [0.2, 0.25) is 5.91 Å². The van der Waals surface area contributed by atoms with Crippen molar-refractivity contribution >= 4 is 28.7 Å². The Hall–Kier alpha value is -2.54. The number of carbonyl (C=O) groups is 2. The molecule has 1 fully saturated rings. The van der Waals surface area contributed by atoms with Crippen molar-refractivity contribution in [1.82, 2.24) is 15.1 Å². The lowest BCUT2D eigenvalue weighted by atomic mass is 9.95. The van der Waals surface area contributed by atoms with Crippen molar-refractivity contribution in [2.24, 2.45) is 16.8 Å². The Morgan fingerprint density at radius 2 is 1.79 bits per heavy atom. The van der Waals surface area contributed by atoms with Crippen LogP contribution in [-0.2, 0) is 23.7 Å². The van der Waals surface area contributed by atoms with Crippen LogP contribution in [0.4, 0.5) is 31.1 Å². The van der Waals surface area contributed by atoms with Gasteiger partial charge in [0, 0.05) is 20.6 Å². The van der Waals surface area contributed by atoms with Crippen molar-refractivity contribution in [3.63, 3.8) is 0 Å². The number of nitrogens with zero attached hydrogens (tertiary/aromatic N) is 3. The third kappa shape index (κ3) is 8.47. The molecule has 6 nitrogen and oxygen atoms in total. The number of amidine groups is 1. The maximum absolute atomic E-state index is 13.5. The van der Waals surface area contributed by atoms with Crippen LogP contribution in [-0.4, -0.2) is 60.0 Å². The summed E-state index contributed by atoms with van der Waals surface area (Å²) in [5.74, 6) is 0.443. The minimum absolute atomic E-state index is 0.0180. The molecule has 1 aromatic carbocycles. The van der Waals surface area contributed by atoms with Crippen LogP contribution in [0.3, 0.4) is 0 Å². The van der Waals surface area contributed by atoms with Crippen molar-refractivity contribution in [2.45, 2.75) is 58.0 Å². The SMILES string of the molecule is CC(C)C[C@H](NC1=NC(=O)S/C1=C\C1CCN(Cc2ccc(C(F)(F)F)cc2C(F)(F)F)CC1)C(=O)N(C)C. The van der Waals surface area contributed by atoms with Crippen LogP contribution >= 0.6 is 11.8 Å². The Kier molecular flexibility index (Phi) is 9.79. The number of hydrogen-bond acceptors (Lipinski definition) is 5. The predicted octanol–water partition coefficient (Wildman–Crippen LogP) is 6.18. The van der Waals surface area contributed by atoms with E-state index in [1.54, 1.807) is 19.0 Å². The minimum atomic E-state index is -4.91. The Balaban J connectivity index is 1.68. The molecular weight excluding hydrogens is 546 g/mol. The van der Waals surface area contributed by atoms with Gasteiger partial charge in [0.05, 0.1) is 16.0 Å². The average Bonchev–Trinajstić information content (AvgIpc) is 3.16. The van der Waals surface area contributed by atoms with Crippen molar-refractivity contribution in [2.75, 3.05) is 27.2 Å². The molecule has 39 heavy (non-hydrogen) atoms. The maximum Gasteiger partial charge on any atom is 0.416 e. The van der Waals surface area contributed by atoms with Crippen LogP contribution in [0.1, 0.15) is 49.8 Å². The van der Waals surface area contributed by atoms with E-state index in [4.69, 9.17) is 0 Å². The van der Waals surface area contributed by atoms with E-state index in [1.165, 1.54) is 4.90 Å². The molecule has 0 radical (unpaired) electrons. The van der Waals surface area contributed by atoms with Crippen LogP contribution in [0.5, 0.6) is 0 Å². The molecule has 1 N–H and O–H groups in total. The molecule has 0 bridgehead atoms. The van der Waals surface area contributed by atoms with Crippen LogP contribution in [0, 0.1) is 11.8 Å². The van der Waals surface area contributed by atoms with Crippen molar-refractivity contribution in [3.05, 3.63) is 45.9 Å². The predicted molar refractivity (Wildman–Crippen MR) is 138 cm³/mol. The largest absolute Gasteiger partial charge is 0.416 e. The molecule has 216 valence electrons. The molecule has 0 aromatic heterocycles. The van der Waals surface area contributed by atoms with E-state index in [0.717, 1.165) is 17.8 Å². The summed E-state index contributed by atoms with van der Waals surface area (Å²) in [6.07, 6.45) is -6.15. The van der Waals surface area contributed by atoms with Crippen molar-refractivity contribution in [1.29, 1.82) is 0 Å². The number of rotatable bonds is 7. The van der Waals surface area contributed by atoms with Gasteiger partial charge in [0.15, 0.2) is 0 Å². The highest BCUT2D eigenvalue weighted by Gasteiger charge is 2.38. The zero-order chi connectivity index (χ0) is 29.1. The molecule has 2 amide bonds. The molecule has 13 heteroatoms. The second-order valence-electron chi connectivity index (χ2n) is 10.4. The molecule has 2 aliphatic rings. The Morgan fingerprint density at radius 3 is 2.33 bits per heavy atom. The number of allylic oxidation sites excluding steroid dienone is 1. The van der Waals surface area contributed by atoms with E-state index in [-0.39, 0.29) is 35.9 Å². The summed E-state index contributed by atoms with van der Waals surface area (Å²) in [7, 11) is 3.31. The molecule has 2 heterocycles. The number of aliphatic imine (C=N–C) groups is 1. The van der Waals surface area contributed by atoms with Crippen LogP contribution in [0.15, 0.2) is 34.2 Å². The van der Waals surface area contributed by atoms with E-state index in [2.05, 4.69) is 10.3 Å². The van der Waals surface area contributed by atoms with E-state index < -0.39 is 34.8 Å². The molecule has 0 aliphatic carbocycles. The van der Waals surface area contributed by atoms with Gasteiger partial charge < -0.3 is 10.2 Å². The van der Waals surface area contributed by atoms with Gasteiger partial charge in [0.1, 0.15) is 11.9 Å². The van der Waals surface area contributed by atoms with Crippen molar-refractivity contribution in [3.8, 4) is 0 Å². The van der Waals surface area contributed by atoms with Gasteiger partial charge in [-0.1, -0.05) is 26.0 Å². The number of thioether (sulfide) groups is 1. The van der Waals surface area contributed by atoms with E-state index >= 15 is 0 Å². The normalized spacial score (nSPS) is 19.5. The Labute approximate surface area is 227 Å². The highest BCUT2D eigenvalue weighted by atomic mass is 32.2. The highest BCUT2D eigenvalue weighted by molar-refractivity contribution is 8.18. The van der Waals surface area contributed by atoms with Crippen LogP contribution in [0.2, 0.25) is 0 Å². The third-order valence-electron chi connectivity index (χ3n) is 6.55. The van der Waals surface area contributed by atoms with Gasteiger partial charge in [-0.3, -0.25) is 14.5 Å². The zero-order valence-corrected chi connectivity index (χ0v) is 22.9. The van der Waals surface area contributed by atoms with Crippen molar-refractivity contribution < 1.29 is 35.9 Å². The molecule has 0 unspecified atom stereocenters. The van der Waals surface area contributed by atoms with E-state index in [0.29, 0.717) is 49.2 Å². The first kappa shape index (κ1) is 31.0. The summed E-state index contributed by atoms with van der Waals surface area (Å²) in [6.45, 7) is 4.71. The molecule has 2 aliphatic heterocycles. The fourth-order valence-corrected chi connectivity index (χ4v) is 5.37. The molecule has 3 rings (SSSR count). The molecule has 1 saturated heterocycles. The zero-order valence-electron chi connectivity index (χ0n) is 22.1. The molecular formula is C26H32F6N4O2S. The smallest absolute Gasteiger partial charge is 0.357 e. The van der Waals surface area contributed by atoms with Gasteiger partial charge in [-0.15, -0.1) is 0 Å². The number of nitrogens with one attached hydrogen (secondary N) is 1. The van der Waals surface area contributed by atoms with Crippen LogP contribution < -0.4 is 5.32 Å². The maximum atomic E-state index is 13.5. The average molecular weight is 579 g/mol. The Morgan fingerprint density at radius 1 is 1.15 bits per heavy atom. The first-order valence-electron chi connectivity index (χ1n) is 12.5. The number of carbonyl (C=O) groups excluding carboxylic acids is 2. The number of likely N-dealkylation sites (tertiary alicyclic amines) is 1. The van der Waals surface area contributed by atoms with Gasteiger partial charge in [-0.2, -0.15) is 31.3 Å². The second kappa shape index (κ2) is 12.3. The summed E-state index contributed by atoms with van der Waals surface area (Å²) in [6, 6.07) is 1.19. The summed E-state index contributed by atoms with van der Waals surface area (Å²) in [5.41, 5.74) is -2.82. The summed E-state index contributed by atoms with van der Waals surface area (Å²) < 4.78 is 79.5.